The first-order valence-corrected chi connectivity index (χ1v) is 7.57. The largest absolute Gasteiger partial charge is 0.449 e. The number of hydrogen-bond acceptors (Lipinski definition) is 4. The highest BCUT2D eigenvalue weighted by Crippen LogP contribution is 2.09. The van der Waals surface area contributed by atoms with Crippen molar-refractivity contribution in [1.29, 1.82) is 0 Å². The molecule has 1 atom stereocenters. The van der Waals surface area contributed by atoms with Gasteiger partial charge >= 0.3 is 5.97 Å². The van der Waals surface area contributed by atoms with Crippen LogP contribution in [0.4, 0.5) is 0 Å². The third-order valence-electron chi connectivity index (χ3n) is 3.00. The SMILES string of the molecule is Cc1ccc(CNC(=O)[C@H](C)OC(=O)c2ccsc2)cc1. The molecule has 0 radical (unpaired) electrons. The van der Waals surface area contributed by atoms with Gasteiger partial charge in [0.15, 0.2) is 6.10 Å². The molecule has 0 spiro atoms. The average molecular weight is 303 g/mol. The molecular formula is C16H17NO3S. The van der Waals surface area contributed by atoms with E-state index in [1.54, 1.807) is 23.8 Å². The van der Waals surface area contributed by atoms with Gasteiger partial charge in [0, 0.05) is 11.9 Å². The summed E-state index contributed by atoms with van der Waals surface area (Å²) in [7, 11) is 0. The fraction of sp³-hybridized carbons (Fsp3) is 0.250. The van der Waals surface area contributed by atoms with Gasteiger partial charge in [0.25, 0.3) is 5.91 Å². The normalized spacial score (nSPS) is 11.7. The second kappa shape index (κ2) is 7.04. The van der Waals surface area contributed by atoms with Crippen LogP contribution >= 0.6 is 11.3 Å². The van der Waals surface area contributed by atoms with Crippen LogP contribution in [0.5, 0.6) is 0 Å². The van der Waals surface area contributed by atoms with Crippen molar-refractivity contribution in [3.63, 3.8) is 0 Å². The van der Waals surface area contributed by atoms with Crippen LogP contribution in [-0.2, 0) is 16.1 Å². The maximum Gasteiger partial charge on any atom is 0.339 e. The smallest absolute Gasteiger partial charge is 0.339 e. The molecule has 21 heavy (non-hydrogen) atoms. The summed E-state index contributed by atoms with van der Waals surface area (Å²) in [6, 6.07) is 9.56. The predicted octanol–water partition coefficient (Wildman–Crippen LogP) is 2.92. The maximum absolute atomic E-state index is 11.9. The van der Waals surface area contributed by atoms with Gasteiger partial charge in [0.2, 0.25) is 0 Å². The van der Waals surface area contributed by atoms with Crippen molar-refractivity contribution < 1.29 is 14.3 Å². The lowest BCUT2D eigenvalue weighted by Gasteiger charge is -2.13. The lowest BCUT2D eigenvalue weighted by atomic mass is 10.1. The van der Waals surface area contributed by atoms with Crippen LogP contribution in [-0.4, -0.2) is 18.0 Å². The zero-order chi connectivity index (χ0) is 15.2. The number of ether oxygens (including phenoxy) is 1. The van der Waals surface area contributed by atoms with E-state index >= 15 is 0 Å². The summed E-state index contributed by atoms with van der Waals surface area (Å²) in [4.78, 5) is 23.6. The fourth-order valence-electron chi connectivity index (χ4n) is 1.70. The molecule has 5 heteroatoms. The number of thiophene rings is 1. The van der Waals surface area contributed by atoms with Crippen molar-refractivity contribution in [3.05, 3.63) is 57.8 Å². The number of nitrogens with one attached hydrogen (secondary N) is 1. The minimum absolute atomic E-state index is 0.306. The summed E-state index contributed by atoms with van der Waals surface area (Å²) in [6.45, 7) is 3.99. The van der Waals surface area contributed by atoms with E-state index in [0.717, 1.165) is 5.56 Å². The zero-order valence-electron chi connectivity index (χ0n) is 12.0. The molecule has 110 valence electrons. The molecule has 0 unspecified atom stereocenters. The quantitative estimate of drug-likeness (QED) is 0.864. The van der Waals surface area contributed by atoms with Gasteiger partial charge in [-0.3, -0.25) is 4.79 Å². The van der Waals surface area contributed by atoms with Gasteiger partial charge in [-0.15, -0.1) is 0 Å². The number of aryl methyl sites for hydroxylation is 1. The van der Waals surface area contributed by atoms with Gasteiger partial charge in [-0.1, -0.05) is 29.8 Å². The number of carbonyl (C=O) groups excluding carboxylic acids is 2. The monoisotopic (exact) mass is 303 g/mol. The third kappa shape index (κ3) is 4.43. The van der Waals surface area contributed by atoms with Crippen molar-refractivity contribution in [2.45, 2.75) is 26.5 Å². The van der Waals surface area contributed by atoms with E-state index in [0.29, 0.717) is 12.1 Å². The molecular weight excluding hydrogens is 286 g/mol. The van der Waals surface area contributed by atoms with Gasteiger partial charge in [0.05, 0.1) is 5.56 Å². The number of esters is 1. The van der Waals surface area contributed by atoms with Crippen molar-refractivity contribution in [3.8, 4) is 0 Å². The molecule has 1 aromatic carbocycles. The lowest BCUT2D eigenvalue weighted by molar-refractivity contribution is -0.129. The Morgan fingerprint density at radius 1 is 1.24 bits per heavy atom. The van der Waals surface area contributed by atoms with E-state index in [2.05, 4.69) is 5.32 Å². The van der Waals surface area contributed by atoms with E-state index in [4.69, 9.17) is 4.74 Å². The molecule has 1 heterocycles. The predicted molar refractivity (Wildman–Crippen MR) is 82.2 cm³/mol. The van der Waals surface area contributed by atoms with Crippen LogP contribution < -0.4 is 5.32 Å². The van der Waals surface area contributed by atoms with Gasteiger partial charge < -0.3 is 10.1 Å². The molecule has 0 bridgehead atoms. The average Bonchev–Trinajstić information content (AvgIpc) is 3.00. The Balaban J connectivity index is 1.82. The first kappa shape index (κ1) is 15.3. The Kier molecular flexibility index (Phi) is 5.11. The highest BCUT2D eigenvalue weighted by molar-refractivity contribution is 7.08. The van der Waals surface area contributed by atoms with Gasteiger partial charge in [-0.05, 0) is 30.9 Å². The zero-order valence-corrected chi connectivity index (χ0v) is 12.8. The van der Waals surface area contributed by atoms with Crippen LogP contribution in [0.1, 0.15) is 28.4 Å². The first-order chi connectivity index (χ1) is 10.1. The van der Waals surface area contributed by atoms with E-state index in [-0.39, 0.29) is 5.91 Å². The molecule has 1 aromatic heterocycles. The van der Waals surface area contributed by atoms with Crippen LogP contribution in [0.15, 0.2) is 41.1 Å². The van der Waals surface area contributed by atoms with E-state index in [1.165, 1.54) is 16.9 Å². The van der Waals surface area contributed by atoms with Gasteiger partial charge in [-0.25, -0.2) is 4.79 Å². The minimum atomic E-state index is -0.817. The number of carbonyl (C=O) groups is 2. The number of amides is 1. The molecule has 4 nitrogen and oxygen atoms in total. The summed E-state index contributed by atoms with van der Waals surface area (Å²) in [5.41, 5.74) is 2.65. The topological polar surface area (TPSA) is 55.4 Å². The van der Waals surface area contributed by atoms with E-state index in [1.807, 2.05) is 31.2 Å². The minimum Gasteiger partial charge on any atom is -0.449 e. The molecule has 2 rings (SSSR count). The molecule has 1 amide bonds. The van der Waals surface area contributed by atoms with Crippen LogP contribution in [0.2, 0.25) is 0 Å². The Bertz CT molecular complexity index is 605. The van der Waals surface area contributed by atoms with Crippen molar-refractivity contribution in [1.82, 2.24) is 5.32 Å². The Morgan fingerprint density at radius 2 is 1.95 bits per heavy atom. The molecule has 0 fully saturated rings. The van der Waals surface area contributed by atoms with Crippen molar-refractivity contribution in [2.24, 2.45) is 0 Å². The lowest BCUT2D eigenvalue weighted by Crippen LogP contribution is -2.35. The summed E-state index contributed by atoms with van der Waals surface area (Å²) < 4.78 is 5.12. The van der Waals surface area contributed by atoms with Crippen molar-refractivity contribution in [2.75, 3.05) is 0 Å². The summed E-state index contributed by atoms with van der Waals surface area (Å²) in [5.74, 6) is -0.784. The van der Waals surface area contributed by atoms with Crippen LogP contribution in [0.25, 0.3) is 0 Å². The molecule has 0 saturated carbocycles. The van der Waals surface area contributed by atoms with Crippen LogP contribution in [0.3, 0.4) is 0 Å². The fourth-order valence-corrected chi connectivity index (χ4v) is 2.33. The number of rotatable bonds is 5. The van der Waals surface area contributed by atoms with Crippen LogP contribution in [0, 0.1) is 6.92 Å². The second-order valence-electron chi connectivity index (χ2n) is 4.76. The van der Waals surface area contributed by atoms with Crippen molar-refractivity contribution >= 4 is 23.2 Å². The Labute approximate surface area is 127 Å². The molecule has 0 aliphatic carbocycles. The Hall–Kier alpha value is -2.14. The summed E-state index contributed by atoms with van der Waals surface area (Å²) in [5, 5.41) is 6.24. The van der Waals surface area contributed by atoms with Gasteiger partial charge in [0.1, 0.15) is 0 Å². The number of benzene rings is 1. The third-order valence-corrected chi connectivity index (χ3v) is 3.68. The summed E-state index contributed by atoms with van der Waals surface area (Å²) >= 11 is 1.41. The highest BCUT2D eigenvalue weighted by atomic mass is 32.1. The molecule has 0 aliphatic heterocycles. The maximum atomic E-state index is 11.9. The molecule has 1 N–H and O–H groups in total. The number of hydrogen-bond donors (Lipinski definition) is 1. The highest BCUT2D eigenvalue weighted by Gasteiger charge is 2.18. The summed E-state index contributed by atoms with van der Waals surface area (Å²) in [6.07, 6.45) is -0.817. The molecule has 0 saturated heterocycles. The molecule has 2 aromatic rings. The molecule has 0 aliphatic rings. The van der Waals surface area contributed by atoms with Gasteiger partial charge in [-0.2, -0.15) is 11.3 Å². The standard InChI is InChI=1S/C16H17NO3S/c1-11-3-5-13(6-4-11)9-17-15(18)12(2)20-16(19)14-7-8-21-10-14/h3-8,10,12H,9H2,1-2H3,(H,17,18)/t12-/m0/s1. The first-order valence-electron chi connectivity index (χ1n) is 6.62. The van der Waals surface area contributed by atoms with E-state index < -0.39 is 12.1 Å². The second-order valence-corrected chi connectivity index (χ2v) is 5.54. The van der Waals surface area contributed by atoms with E-state index in [9.17, 15) is 9.59 Å². The Morgan fingerprint density at radius 3 is 2.57 bits per heavy atom.